The number of ether oxygens (including phenoxy) is 1. The van der Waals surface area contributed by atoms with E-state index in [9.17, 15) is 9.59 Å². The highest BCUT2D eigenvalue weighted by Crippen LogP contribution is 2.35. The van der Waals surface area contributed by atoms with E-state index in [4.69, 9.17) is 4.74 Å². The first-order chi connectivity index (χ1) is 13.2. The van der Waals surface area contributed by atoms with Crippen LogP contribution in [-0.2, 0) is 9.59 Å². The number of carbonyl (C=O) groups excluding carboxylic acids is 2. The zero-order valence-electron chi connectivity index (χ0n) is 14.7. The highest BCUT2D eigenvalue weighted by atomic mass is 16.5. The molecular weight excluding hydrogens is 344 g/mol. The van der Waals surface area contributed by atoms with Gasteiger partial charge in [0.05, 0.1) is 19.7 Å². The summed E-state index contributed by atoms with van der Waals surface area (Å²) in [7, 11) is 1.56. The number of hydrogen-bond acceptors (Lipinski definition) is 4. The molecule has 0 unspecified atom stereocenters. The van der Waals surface area contributed by atoms with Gasteiger partial charge in [0.2, 0.25) is 5.91 Å². The van der Waals surface area contributed by atoms with Crippen LogP contribution in [0.1, 0.15) is 12.5 Å². The average molecular weight is 362 g/mol. The molecule has 1 aliphatic rings. The van der Waals surface area contributed by atoms with Crippen LogP contribution in [-0.4, -0.2) is 28.7 Å². The number of carbonyl (C=O) groups is 2. The number of benzene rings is 2. The largest absolute Gasteiger partial charge is 0.497 e. The third-order valence-electron chi connectivity index (χ3n) is 4.45. The molecule has 1 aliphatic heterocycles. The summed E-state index contributed by atoms with van der Waals surface area (Å²) >= 11 is 0. The van der Waals surface area contributed by atoms with Crippen LogP contribution in [0.3, 0.4) is 0 Å². The van der Waals surface area contributed by atoms with E-state index in [0.717, 1.165) is 11.1 Å². The van der Waals surface area contributed by atoms with Gasteiger partial charge in [-0.2, -0.15) is 5.10 Å². The fourth-order valence-corrected chi connectivity index (χ4v) is 3.13. The van der Waals surface area contributed by atoms with Crippen molar-refractivity contribution in [3.63, 3.8) is 0 Å². The quantitative estimate of drug-likeness (QED) is 0.730. The van der Waals surface area contributed by atoms with Crippen molar-refractivity contribution in [1.29, 1.82) is 0 Å². The summed E-state index contributed by atoms with van der Waals surface area (Å²) < 4.78 is 6.73. The van der Waals surface area contributed by atoms with E-state index >= 15 is 0 Å². The van der Waals surface area contributed by atoms with Crippen LogP contribution in [0, 0.1) is 0 Å². The van der Waals surface area contributed by atoms with E-state index in [-0.39, 0.29) is 18.2 Å². The zero-order chi connectivity index (χ0) is 18.8. The number of hydrogen-bond donors (Lipinski definition) is 2. The number of nitrogens with one attached hydrogen (secondary N) is 2. The Morgan fingerprint density at radius 3 is 2.81 bits per heavy atom. The van der Waals surface area contributed by atoms with Crippen LogP contribution in [0.5, 0.6) is 5.75 Å². The molecule has 4 rings (SSSR count). The molecule has 0 aliphatic carbocycles. The topological polar surface area (TPSA) is 85.2 Å². The Kier molecular flexibility index (Phi) is 4.33. The third kappa shape index (κ3) is 3.27. The average Bonchev–Trinajstić information content (AvgIpc) is 3.22. The van der Waals surface area contributed by atoms with Crippen LogP contribution in [0.4, 0.5) is 11.5 Å². The minimum Gasteiger partial charge on any atom is -0.497 e. The van der Waals surface area contributed by atoms with Crippen LogP contribution in [0.25, 0.3) is 11.1 Å². The maximum absolute atomic E-state index is 12.4. The van der Waals surface area contributed by atoms with Gasteiger partial charge >= 0.3 is 0 Å². The fourth-order valence-electron chi connectivity index (χ4n) is 3.13. The molecule has 0 bridgehead atoms. The van der Waals surface area contributed by atoms with Gasteiger partial charge in [-0.3, -0.25) is 9.59 Å². The van der Waals surface area contributed by atoms with Crippen LogP contribution in [0.2, 0.25) is 0 Å². The summed E-state index contributed by atoms with van der Waals surface area (Å²) in [5, 5.41) is 9.96. The van der Waals surface area contributed by atoms with Gasteiger partial charge in [-0.15, -0.1) is 0 Å². The van der Waals surface area contributed by atoms with Gasteiger partial charge in [0, 0.05) is 17.3 Å². The standard InChI is InChI=1S/C20H18N4O3/c1-27-15-9-5-8-14(10-15)22-18(25)11-17-20(26)23-19-16(12-21-24(17)19)13-6-3-2-4-7-13/h2-10,12,17H,11H2,1H3,(H,22,25)(H,23,26)/t17-/m1/s1. The van der Waals surface area contributed by atoms with Crippen molar-refractivity contribution in [1.82, 2.24) is 9.78 Å². The molecule has 2 heterocycles. The first-order valence-electron chi connectivity index (χ1n) is 8.53. The van der Waals surface area contributed by atoms with Crippen molar-refractivity contribution >= 4 is 23.3 Å². The van der Waals surface area contributed by atoms with Crippen molar-refractivity contribution < 1.29 is 14.3 Å². The van der Waals surface area contributed by atoms with Crippen LogP contribution in [0.15, 0.2) is 60.8 Å². The first-order valence-corrected chi connectivity index (χ1v) is 8.53. The maximum atomic E-state index is 12.4. The molecule has 2 amide bonds. The van der Waals surface area contributed by atoms with Gasteiger partial charge in [-0.05, 0) is 17.7 Å². The number of methoxy groups -OCH3 is 1. The Labute approximate surface area is 156 Å². The first kappa shape index (κ1) is 16.8. The highest BCUT2D eigenvalue weighted by Gasteiger charge is 2.35. The minimum absolute atomic E-state index is 0.00798. The predicted molar refractivity (Wildman–Crippen MR) is 102 cm³/mol. The van der Waals surface area contributed by atoms with Crippen molar-refractivity contribution in [3.05, 3.63) is 60.8 Å². The second kappa shape index (κ2) is 6.95. The van der Waals surface area contributed by atoms with Gasteiger partial charge in [0.1, 0.15) is 17.6 Å². The minimum atomic E-state index is -0.678. The fraction of sp³-hybridized carbons (Fsp3) is 0.150. The number of aromatic nitrogens is 2. The van der Waals surface area contributed by atoms with Crippen LogP contribution >= 0.6 is 0 Å². The molecule has 0 saturated carbocycles. The highest BCUT2D eigenvalue weighted by molar-refractivity contribution is 6.04. The summed E-state index contributed by atoms with van der Waals surface area (Å²) in [6.07, 6.45) is 1.70. The summed E-state index contributed by atoms with van der Waals surface area (Å²) in [6.45, 7) is 0. The molecule has 27 heavy (non-hydrogen) atoms. The van der Waals surface area contributed by atoms with E-state index in [1.807, 2.05) is 30.3 Å². The number of anilines is 2. The van der Waals surface area contributed by atoms with E-state index in [2.05, 4.69) is 15.7 Å². The lowest BCUT2D eigenvalue weighted by atomic mass is 10.1. The summed E-state index contributed by atoms with van der Waals surface area (Å²) in [5.41, 5.74) is 2.41. The third-order valence-corrected chi connectivity index (χ3v) is 4.45. The predicted octanol–water partition coefficient (Wildman–Crippen LogP) is 3.08. The molecule has 0 fully saturated rings. The summed E-state index contributed by atoms with van der Waals surface area (Å²) in [4.78, 5) is 24.8. The molecule has 0 radical (unpaired) electrons. The summed E-state index contributed by atoms with van der Waals surface area (Å²) in [6, 6.07) is 16.1. The molecule has 0 saturated heterocycles. The number of fused-ring (bicyclic) bond motifs is 1. The van der Waals surface area contributed by atoms with Gasteiger partial charge in [0.15, 0.2) is 0 Å². The van der Waals surface area contributed by atoms with E-state index in [0.29, 0.717) is 17.3 Å². The Hall–Kier alpha value is -3.61. The van der Waals surface area contributed by atoms with Crippen molar-refractivity contribution in [2.45, 2.75) is 12.5 Å². The zero-order valence-corrected chi connectivity index (χ0v) is 14.7. The molecule has 3 aromatic rings. The normalized spacial score (nSPS) is 15.1. The Morgan fingerprint density at radius 2 is 2.04 bits per heavy atom. The van der Waals surface area contributed by atoms with E-state index in [1.54, 1.807) is 42.3 Å². The number of rotatable bonds is 5. The van der Waals surface area contributed by atoms with E-state index < -0.39 is 6.04 Å². The molecule has 2 aromatic carbocycles. The summed E-state index contributed by atoms with van der Waals surface area (Å²) in [5.74, 6) is 0.753. The van der Waals surface area contributed by atoms with Crippen molar-refractivity contribution in [3.8, 4) is 16.9 Å². The van der Waals surface area contributed by atoms with Crippen molar-refractivity contribution in [2.24, 2.45) is 0 Å². The molecule has 2 N–H and O–H groups in total. The Morgan fingerprint density at radius 1 is 1.22 bits per heavy atom. The smallest absolute Gasteiger partial charge is 0.251 e. The van der Waals surface area contributed by atoms with Gasteiger partial charge in [-0.1, -0.05) is 36.4 Å². The van der Waals surface area contributed by atoms with Gasteiger partial charge in [0.25, 0.3) is 5.91 Å². The Balaban J connectivity index is 1.52. The molecule has 136 valence electrons. The second-order valence-corrected chi connectivity index (χ2v) is 6.21. The molecular formula is C20H18N4O3. The molecule has 1 aromatic heterocycles. The maximum Gasteiger partial charge on any atom is 0.251 e. The van der Waals surface area contributed by atoms with Crippen molar-refractivity contribution in [2.75, 3.05) is 17.7 Å². The van der Waals surface area contributed by atoms with Gasteiger partial charge in [-0.25, -0.2) is 4.68 Å². The lowest BCUT2D eigenvalue weighted by Crippen LogP contribution is -2.23. The molecule has 7 nitrogen and oxygen atoms in total. The number of amides is 2. The Bertz CT molecular complexity index is 997. The molecule has 7 heteroatoms. The second-order valence-electron chi connectivity index (χ2n) is 6.21. The lowest BCUT2D eigenvalue weighted by Gasteiger charge is -2.10. The lowest BCUT2D eigenvalue weighted by molar-refractivity contribution is -0.123. The molecule has 1 atom stereocenters. The monoisotopic (exact) mass is 362 g/mol. The SMILES string of the molecule is COc1cccc(NC(=O)C[C@@H]2C(=O)Nc3c(-c4ccccc4)cnn32)c1. The molecule has 0 spiro atoms. The van der Waals surface area contributed by atoms with Crippen LogP contribution < -0.4 is 15.4 Å². The van der Waals surface area contributed by atoms with E-state index in [1.165, 1.54) is 0 Å². The van der Waals surface area contributed by atoms with Gasteiger partial charge < -0.3 is 15.4 Å². The number of nitrogens with zero attached hydrogens (tertiary/aromatic N) is 2.